The van der Waals surface area contributed by atoms with Gasteiger partial charge in [-0.15, -0.1) is 0 Å². The third-order valence-corrected chi connectivity index (χ3v) is 4.04. The maximum atomic E-state index is 12.0. The Morgan fingerprint density at radius 2 is 1.68 bits per heavy atom. The van der Waals surface area contributed by atoms with Gasteiger partial charge in [-0.25, -0.2) is 4.79 Å². The van der Waals surface area contributed by atoms with E-state index in [1.165, 1.54) is 11.1 Å². The Balaban J connectivity index is 1.83. The number of benzene rings is 2. The molecule has 0 spiro atoms. The van der Waals surface area contributed by atoms with Crippen molar-refractivity contribution in [2.75, 3.05) is 25.6 Å². The average Bonchev–Trinajstić information content (AvgIpc) is 2.56. The van der Waals surface area contributed by atoms with Crippen LogP contribution in [0, 0.1) is 27.7 Å². The number of aryl methyl sites for hydroxylation is 4. The molecule has 0 atom stereocenters. The first-order chi connectivity index (χ1) is 11.9. The van der Waals surface area contributed by atoms with Crippen molar-refractivity contribution in [1.82, 2.24) is 5.32 Å². The van der Waals surface area contributed by atoms with Crippen LogP contribution in [0.25, 0.3) is 0 Å². The summed E-state index contributed by atoms with van der Waals surface area (Å²) in [4.78, 5) is 12.0. The molecule has 2 amide bonds. The van der Waals surface area contributed by atoms with E-state index >= 15 is 0 Å². The standard InChI is InChI=1S/C20H26N2O3/c1-13-6-7-18(24-5)17(10-13)22-20(23)21-8-9-25-19-12-15(3)14(2)11-16(19)4/h6-7,10-12H,8-9H2,1-5H3,(H2,21,22,23). The zero-order valence-electron chi connectivity index (χ0n) is 15.5. The molecule has 5 heteroatoms. The van der Waals surface area contributed by atoms with Crippen LogP contribution in [0.15, 0.2) is 30.3 Å². The summed E-state index contributed by atoms with van der Waals surface area (Å²) in [6, 6.07) is 9.48. The first kappa shape index (κ1) is 18.6. The number of nitrogens with one attached hydrogen (secondary N) is 2. The lowest BCUT2D eigenvalue weighted by Crippen LogP contribution is -2.32. The highest BCUT2D eigenvalue weighted by Crippen LogP contribution is 2.25. The summed E-state index contributed by atoms with van der Waals surface area (Å²) in [6.07, 6.45) is 0. The Morgan fingerprint density at radius 3 is 2.40 bits per heavy atom. The fourth-order valence-corrected chi connectivity index (χ4v) is 2.50. The van der Waals surface area contributed by atoms with E-state index in [9.17, 15) is 4.79 Å². The number of hydrogen-bond acceptors (Lipinski definition) is 3. The molecule has 0 unspecified atom stereocenters. The monoisotopic (exact) mass is 342 g/mol. The summed E-state index contributed by atoms with van der Waals surface area (Å²) in [6.45, 7) is 8.93. The number of amides is 2. The van der Waals surface area contributed by atoms with E-state index in [-0.39, 0.29) is 6.03 Å². The van der Waals surface area contributed by atoms with Gasteiger partial charge in [0, 0.05) is 0 Å². The highest BCUT2D eigenvalue weighted by Gasteiger charge is 2.08. The summed E-state index contributed by atoms with van der Waals surface area (Å²) in [5.41, 5.74) is 5.22. The number of rotatable bonds is 6. The van der Waals surface area contributed by atoms with Gasteiger partial charge in [0.15, 0.2) is 0 Å². The number of anilines is 1. The van der Waals surface area contributed by atoms with Gasteiger partial charge >= 0.3 is 6.03 Å². The Hall–Kier alpha value is -2.69. The van der Waals surface area contributed by atoms with E-state index in [4.69, 9.17) is 9.47 Å². The van der Waals surface area contributed by atoms with Crippen LogP contribution in [0.1, 0.15) is 22.3 Å². The predicted octanol–water partition coefficient (Wildman–Crippen LogP) is 4.13. The van der Waals surface area contributed by atoms with Gasteiger partial charge in [-0.2, -0.15) is 0 Å². The van der Waals surface area contributed by atoms with Gasteiger partial charge in [-0.05, 0) is 68.1 Å². The van der Waals surface area contributed by atoms with Gasteiger partial charge < -0.3 is 20.1 Å². The summed E-state index contributed by atoms with van der Waals surface area (Å²) < 4.78 is 11.0. The number of carbonyl (C=O) groups is 1. The van der Waals surface area contributed by atoms with E-state index in [1.54, 1.807) is 7.11 Å². The number of ether oxygens (including phenoxy) is 2. The minimum atomic E-state index is -0.288. The molecule has 0 radical (unpaired) electrons. The Bertz CT molecular complexity index is 757. The summed E-state index contributed by atoms with van der Waals surface area (Å²) in [5.74, 6) is 1.48. The van der Waals surface area contributed by atoms with Crippen molar-refractivity contribution >= 4 is 11.7 Å². The largest absolute Gasteiger partial charge is 0.495 e. The molecule has 0 saturated heterocycles. The quantitative estimate of drug-likeness (QED) is 0.776. The highest BCUT2D eigenvalue weighted by molar-refractivity contribution is 5.91. The van der Waals surface area contributed by atoms with E-state index < -0.39 is 0 Å². The lowest BCUT2D eigenvalue weighted by molar-refractivity contribution is 0.247. The zero-order chi connectivity index (χ0) is 18.4. The van der Waals surface area contributed by atoms with Gasteiger partial charge in [0.1, 0.15) is 18.1 Å². The van der Waals surface area contributed by atoms with Gasteiger partial charge in [0.25, 0.3) is 0 Å². The van der Waals surface area contributed by atoms with Crippen molar-refractivity contribution in [3.8, 4) is 11.5 Å². The summed E-state index contributed by atoms with van der Waals surface area (Å²) >= 11 is 0. The normalized spacial score (nSPS) is 10.3. The minimum absolute atomic E-state index is 0.288. The lowest BCUT2D eigenvalue weighted by atomic mass is 10.1. The average molecular weight is 342 g/mol. The molecular weight excluding hydrogens is 316 g/mol. The van der Waals surface area contributed by atoms with Crippen LogP contribution in [0.3, 0.4) is 0 Å². The molecule has 0 aliphatic rings. The lowest BCUT2D eigenvalue weighted by Gasteiger charge is -2.14. The van der Waals surface area contributed by atoms with Crippen LogP contribution < -0.4 is 20.1 Å². The molecule has 2 aromatic rings. The SMILES string of the molecule is COc1ccc(C)cc1NC(=O)NCCOc1cc(C)c(C)cc1C. The molecule has 0 fully saturated rings. The van der Waals surface area contributed by atoms with Gasteiger partial charge in [-0.1, -0.05) is 12.1 Å². The van der Waals surface area contributed by atoms with E-state index in [2.05, 4.69) is 30.5 Å². The molecule has 2 N–H and O–H groups in total. The van der Waals surface area contributed by atoms with Crippen molar-refractivity contribution in [2.45, 2.75) is 27.7 Å². The maximum absolute atomic E-state index is 12.0. The Labute approximate surface area is 149 Å². The molecule has 2 rings (SSSR count). The molecule has 0 aliphatic carbocycles. The smallest absolute Gasteiger partial charge is 0.319 e. The summed E-state index contributed by atoms with van der Waals surface area (Å²) in [7, 11) is 1.58. The second-order valence-corrected chi connectivity index (χ2v) is 6.14. The Kier molecular flexibility index (Phi) is 6.28. The van der Waals surface area contributed by atoms with Crippen LogP contribution in [0.4, 0.5) is 10.5 Å². The predicted molar refractivity (Wildman–Crippen MR) is 101 cm³/mol. The van der Waals surface area contributed by atoms with E-state index in [0.29, 0.717) is 24.6 Å². The molecule has 134 valence electrons. The highest BCUT2D eigenvalue weighted by atomic mass is 16.5. The molecule has 2 aromatic carbocycles. The first-order valence-electron chi connectivity index (χ1n) is 8.31. The van der Waals surface area contributed by atoms with Crippen LogP contribution in [0.2, 0.25) is 0 Å². The number of urea groups is 1. The molecule has 25 heavy (non-hydrogen) atoms. The second-order valence-electron chi connectivity index (χ2n) is 6.14. The van der Waals surface area contributed by atoms with Gasteiger partial charge in [0.2, 0.25) is 0 Å². The van der Waals surface area contributed by atoms with Gasteiger partial charge in [0.05, 0.1) is 19.3 Å². The fourth-order valence-electron chi connectivity index (χ4n) is 2.50. The molecule has 0 saturated carbocycles. The molecule has 0 heterocycles. The van der Waals surface area contributed by atoms with Crippen molar-refractivity contribution in [1.29, 1.82) is 0 Å². The fraction of sp³-hybridized carbons (Fsp3) is 0.350. The van der Waals surface area contributed by atoms with Crippen molar-refractivity contribution in [3.63, 3.8) is 0 Å². The number of methoxy groups -OCH3 is 1. The molecule has 0 aromatic heterocycles. The number of carbonyl (C=O) groups excluding carboxylic acids is 1. The van der Waals surface area contributed by atoms with E-state index in [1.807, 2.05) is 38.1 Å². The molecule has 5 nitrogen and oxygen atoms in total. The third kappa shape index (κ3) is 5.14. The zero-order valence-corrected chi connectivity index (χ0v) is 15.5. The third-order valence-electron chi connectivity index (χ3n) is 4.04. The van der Waals surface area contributed by atoms with Crippen LogP contribution >= 0.6 is 0 Å². The topological polar surface area (TPSA) is 59.6 Å². The van der Waals surface area contributed by atoms with Crippen molar-refractivity contribution < 1.29 is 14.3 Å². The van der Waals surface area contributed by atoms with Gasteiger partial charge in [-0.3, -0.25) is 0 Å². The summed E-state index contributed by atoms with van der Waals surface area (Å²) in [5, 5.41) is 5.59. The van der Waals surface area contributed by atoms with E-state index in [0.717, 1.165) is 16.9 Å². The minimum Gasteiger partial charge on any atom is -0.495 e. The molecule has 0 bridgehead atoms. The van der Waals surface area contributed by atoms with Crippen LogP contribution in [-0.4, -0.2) is 26.3 Å². The van der Waals surface area contributed by atoms with Crippen molar-refractivity contribution in [3.05, 3.63) is 52.6 Å². The molecular formula is C20H26N2O3. The second kappa shape index (κ2) is 8.42. The van der Waals surface area contributed by atoms with Crippen LogP contribution in [-0.2, 0) is 0 Å². The maximum Gasteiger partial charge on any atom is 0.319 e. The first-order valence-corrected chi connectivity index (χ1v) is 8.31. The van der Waals surface area contributed by atoms with Crippen LogP contribution in [0.5, 0.6) is 11.5 Å². The Morgan fingerprint density at radius 1 is 0.960 bits per heavy atom. The molecule has 0 aliphatic heterocycles. The number of hydrogen-bond donors (Lipinski definition) is 2. The van der Waals surface area contributed by atoms with Crippen molar-refractivity contribution in [2.24, 2.45) is 0 Å².